The van der Waals surface area contributed by atoms with Crippen molar-refractivity contribution in [1.82, 2.24) is 10.6 Å². The summed E-state index contributed by atoms with van der Waals surface area (Å²) in [7, 11) is 1.60. The molecule has 0 aliphatic carbocycles. The number of rotatable bonds is 6. The monoisotopic (exact) mass is 396 g/mol. The Kier molecular flexibility index (Phi) is 6.18. The molecule has 1 heterocycles. The van der Waals surface area contributed by atoms with E-state index in [2.05, 4.69) is 26.6 Å². The molecular formula is C16H17BrN2O3S. The van der Waals surface area contributed by atoms with Crippen molar-refractivity contribution in [2.24, 2.45) is 0 Å². The first-order chi connectivity index (χ1) is 11.0. The summed E-state index contributed by atoms with van der Waals surface area (Å²) in [5, 5.41) is 5.48. The Hall–Kier alpha value is -1.86. The Morgan fingerprint density at radius 2 is 2.09 bits per heavy atom. The minimum absolute atomic E-state index is 0.239. The average Bonchev–Trinajstić information content (AvgIpc) is 2.99. The summed E-state index contributed by atoms with van der Waals surface area (Å²) in [6.45, 7) is 2.03. The fraction of sp³-hybridized carbons (Fsp3) is 0.250. The van der Waals surface area contributed by atoms with Gasteiger partial charge < -0.3 is 15.4 Å². The molecule has 2 aromatic rings. The summed E-state index contributed by atoms with van der Waals surface area (Å²) in [6, 6.07) is 10.3. The Balaban J connectivity index is 1.86. The molecule has 0 radical (unpaired) electrons. The summed E-state index contributed by atoms with van der Waals surface area (Å²) in [5.41, 5.74) is 0.929. The molecular weight excluding hydrogens is 380 g/mol. The van der Waals surface area contributed by atoms with Crippen LogP contribution in [0, 0.1) is 0 Å². The Morgan fingerprint density at radius 1 is 1.30 bits per heavy atom. The lowest BCUT2D eigenvalue weighted by Gasteiger charge is -2.14. The van der Waals surface area contributed by atoms with E-state index in [1.54, 1.807) is 26.2 Å². The zero-order chi connectivity index (χ0) is 16.8. The van der Waals surface area contributed by atoms with E-state index in [0.717, 1.165) is 15.1 Å². The van der Waals surface area contributed by atoms with Crippen molar-refractivity contribution in [3.63, 3.8) is 0 Å². The Morgan fingerprint density at radius 3 is 2.74 bits per heavy atom. The molecule has 0 aliphatic heterocycles. The van der Waals surface area contributed by atoms with Crippen LogP contribution in [-0.2, 0) is 11.3 Å². The topological polar surface area (TPSA) is 67.4 Å². The van der Waals surface area contributed by atoms with Crippen LogP contribution in [-0.4, -0.2) is 25.0 Å². The van der Waals surface area contributed by atoms with Crippen LogP contribution in [0.1, 0.15) is 22.2 Å². The minimum atomic E-state index is -0.617. The normalized spacial score (nSPS) is 11.6. The number of carbonyl (C=O) groups is 2. The summed E-state index contributed by atoms with van der Waals surface area (Å²) >= 11 is 4.63. The number of thiophene rings is 1. The molecule has 23 heavy (non-hydrogen) atoms. The summed E-state index contributed by atoms with van der Waals surface area (Å²) in [4.78, 5) is 24.7. The van der Waals surface area contributed by atoms with Gasteiger partial charge in [0.1, 0.15) is 11.8 Å². The smallest absolute Gasteiger partial charge is 0.262 e. The van der Waals surface area contributed by atoms with Gasteiger partial charge in [0.25, 0.3) is 5.91 Å². The number of nitrogens with one attached hydrogen (secondary N) is 2. The molecule has 7 heteroatoms. The highest BCUT2D eigenvalue weighted by atomic mass is 79.9. The first kappa shape index (κ1) is 17.5. The molecule has 1 atom stereocenters. The second-order valence-corrected chi connectivity index (χ2v) is 7.33. The predicted octanol–water partition coefficient (Wildman–Crippen LogP) is 2.95. The Labute approximate surface area is 147 Å². The molecule has 0 spiro atoms. The van der Waals surface area contributed by atoms with Crippen molar-refractivity contribution >= 4 is 39.1 Å². The van der Waals surface area contributed by atoms with Gasteiger partial charge in [-0.3, -0.25) is 9.59 Å². The third-order valence-corrected chi connectivity index (χ3v) is 4.76. The van der Waals surface area contributed by atoms with Gasteiger partial charge in [0.05, 0.1) is 15.8 Å². The van der Waals surface area contributed by atoms with Crippen LogP contribution in [0.4, 0.5) is 0 Å². The first-order valence-electron chi connectivity index (χ1n) is 6.96. The minimum Gasteiger partial charge on any atom is -0.497 e. The van der Waals surface area contributed by atoms with E-state index in [9.17, 15) is 9.59 Å². The van der Waals surface area contributed by atoms with Crippen LogP contribution in [0.2, 0.25) is 0 Å². The van der Waals surface area contributed by atoms with E-state index in [0.29, 0.717) is 11.4 Å². The molecule has 2 N–H and O–H groups in total. The standard InChI is InChI=1S/C16H17BrN2O3S/c1-10(19-16(21)13-6-7-14(17)23-13)15(20)18-9-11-4-3-5-12(8-11)22-2/h3-8,10H,9H2,1-2H3,(H,18,20)(H,19,21). The van der Waals surface area contributed by atoms with Crippen LogP contribution in [0.5, 0.6) is 5.75 Å². The molecule has 1 aromatic heterocycles. The van der Waals surface area contributed by atoms with Crippen molar-refractivity contribution in [2.45, 2.75) is 19.5 Å². The van der Waals surface area contributed by atoms with Crippen molar-refractivity contribution in [3.8, 4) is 5.75 Å². The van der Waals surface area contributed by atoms with E-state index >= 15 is 0 Å². The molecule has 0 bridgehead atoms. The number of hydrogen-bond acceptors (Lipinski definition) is 4. The lowest BCUT2D eigenvalue weighted by Crippen LogP contribution is -2.44. The molecule has 0 saturated carbocycles. The fourth-order valence-electron chi connectivity index (χ4n) is 1.89. The predicted molar refractivity (Wildman–Crippen MR) is 93.8 cm³/mol. The number of benzene rings is 1. The molecule has 5 nitrogen and oxygen atoms in total. The van der Waals surface area contributed by atoms with Crippen molar-refractivity contribution in [2.75, 3.05) is 7.11 Å². The maximum atomic E-state index is 12.1. The van der Waals surface area contributed by atoms with Gasteiger partial charge in [-0.1, -0.05) is 12.1 Å². The highest BCUT2D eigenvalue weighted by molar-refractivity contribution is 9.11. The number of hydrogen-bond donors (Lipinski definition) is 2. The van der Waals surface area contributed by atoms with Crippen molar-refractivity contribution < 1.29 is 14.3 Å². The zero-order valence-corrected chi connectivity index (χ0v) is 15.2. The zero-order valence-electron chi connectivity index (χ0n) is 12.8. The second kappa shape index (κ2) is 8.12. The molecule has 1 unspecified atom stereocenters. The van der Waals surface area contributed by atoms with Gasteiger partial charge >= 0.3 is 0 Å². The molecule has 122 valence electrons. The third-order valence-electron chi connectivity index (χ3n) is 3.14. The van der Waals surface area contributed by atoms with Gasteiger partial charge in [-0.05, 0) is 52.7 Å². The number of methoxy groups -OCH3 is 1. The Bertz CT molecular complexity index is 702. The van der Waals surface area contributed by atoms with Crippen molar-refractivity contribution in [1.29, 1.82) is 0 Å². The number of ether oxygens (including phenoxy) is 1. The molecule has 2 amide bonds. The van der Waals surface area contributed by atoms with E-state index in [1.165, 1.54) is 11.3 Å². The number of amides is 2. The third kappa shape index (κ3) is 5.07. The molecule has 1 aromatic carbocycles. The molecule has 2 rings (SSSR count). The highest BCUT2D eigenvalue weighted by Gasteiger charge is 2.17. The number of carbonyl (C=O) groups excluding carboxylic acids is 2. The summed E-state index contributed by atoms with van der Waals surface area (Å²) in [5.74, 6) is 0.239. The second-order valence-electron chi connectivity index (χ2n) is 4.87. The first-order valence-corrected chi connectivity index (χ1v) is 8.57. The summed E-state index contributed by atoms with van der Waals surface area (Å²) in [6.07, 6.45) is 0. The maximum Gasteiger partial charge on any atom is 0.262 e. The quantitative estimate of drug-likeness (QED) is 0.788. The van der Waals surface area contributed by atoms with Crippen LogP contribution < -0.4 is 15.4 Å². The average molecular weight is 397 g/mol. The van der Waals surface area contributed by atoms with Gasteiger partial charge in [-0.2, -0.15) is 0 Å². The molecule has 0 saturated heterocycles. The lowest BCUT2D eigenvalue weighted by atomic mass is 10.2. The van der Waals surface area contributed by atoms with Crippen molar-refractivity contribution in [3.05, 3.63) is 50.6 Å². The van der Waals surface area contributed by atoms with Gasteiger partial charge in [0.15, 0.2) is 0 Å². The van der Waals surface area contributed by atoms with E-state index < -0.39 is 6.04 Å². The summed E-state index contributed by atoms with van der Waals surface area (Å²) < 4.78 is 6.01. The SMILES string of the molecule is COc1cccc(CNC(=O)C(C)NC(=O)c2ccc(Br)s2)c1. The van der Waals surface area contributed by atoms with Gasteiger partial charge in [0, 0.05) is 6.54 Å². The lowest BCUT2D eigenvalue weighted by molar-refractivity contribution is -0.122. The molecule has 0 aliphatic rings. The number of halogens is 1. The van der Waals surface area contributed by atoms with Gasteiger partial charge in [-0.15, -0.1) is 11.3 Å². The van der Waals surface area contributed by atoms with E-state index in [-0.39, 0.29) is 11.8 Å². The van der Waals surface area contributed by atoms with Crippen LogP contribution in [0.25, 0.3) is 0 Å². The van der Waals surface area contributed by atoms with Crippen LogP contribution >= 0.6 is 27.3 Å². The fourth-order valence-corrected chi connectivity index (χ4v) is 3.18. The largest absolute Gasteiger partial charge is 0.497 e. The highest BCUT2D eigenvalue weighted by Crippen LogP contribution is 2.21. The van der Waals surface area contributed by atoms with Gasteiger partial charge in [0.2, 0.25) is 5.91 Å². The van der Waals surface area contributed by atoms with Crippen LogP contribution in [0.3, 0.4) is 0 Å². The molecule has 0 fully saturated rings. The van der Waals surface area contributed by atoms with Gasteiger partial charge in [-0.25, -0.2) is 0 Å². The maximum absolute atomic E-state index is 12.1. The van der Waals surface area contributed by atoms with E-state index in [1.807, 2.05) is 24.3 Å². The van der Waals surface area contributed by atoms with E-state index in [4.69, 9.17) is 4.74 Å². The van der Waals surface area contributed by atoms with Crippen LogP contribution in [0.15, 0.2) is 40.2 Å².